The molecule has 8 nitrogen and oxygen atoms in total. The standard InChI is InChI=1S/C16H19FN4O4S/c1-20(12-6-7-26(24,25)9-12)16(23)13-8-14(15(18)22)21(19-13)11-4-2-10(17)3-5-11/h2-5,12,14H,6-9H2,1H3,(H2,18,22)/t12-,14-/m1/s1. The zero-order chi connectivity index (χ0) is 19.1. The number of hydrogen-bond acceptors (Lipinski definition) is 6. The molecule has 0 spiro atoms. The van der Waals surface area contributed by atoms with Crippen molar-refractivity contribution < 1.29 is 22.4 Å². The Hall–Kier alpha value is -2.49. The van der Waals surface area contributed by atoms with E-state index in [0.717, 1.165) is 0 Å². The first-order chi connectivity index (χ1) is 12.2. The molecule has 1 fully saturated rings. The van der Waals surface area contributed by atoms with Crippen LogP contribution < -0.4 is 10.7 Å². The predicted octanol–water partition coefficient (Wildman–Crippen LogP) is -0.109. The van der Waals surface area contributed by atoms with Gasteiger partial charge in [0.1, 0.15) is 17.6 Å². The Labute approximate surface area is 150 Å². The smallest absolute Gasteiger partial charge is 0.270 e. The van der Waals surface area contributed by atoms with Gasteiger partial charge in [-0.05, 0) is 30.7 Å². The molecule has 140 valence electrons. The zero-order valence-corrected chi connectivity index (χ0v) is 14.9. The molecule has 1 saturated heterocycles. The molecule has 1 aromatic rings. The first kappa shape index (κ1) is 18.3. The third kappa shape index (κ3) is 3.55. The number of primary amides is 1. The lowest BCUT2D eigenvalue weighted by atomic mass is 10.1. The summed E-state index contributed by atoms with van der Waals surface area (Å²) in [5.74, 6) is -1.57. The number of halogens is 1. The van der Waals surface area contributed by atoms with Crippen LogP contribution in [0.2, 0.25) is 0 Å². The quantitative estimate of drug-likeness (QED) is 0.781. The van der Waals surface area contributed by atoms with E-state index in [1.165, 1.54) is 41.2 Å². The predicted molar refractivity (Wildman–Crippen MR) is 93.7 cm³/mol. The van der Waals surface area contributed by atoms with Crippen LogP contribution in [0.25, 0.3) is 0 Å². The molecule has 26 heavy (non-hydrogen) atoms. The average Bonchev–Trinajstić information content (AvgIpc) is 3.18. The normalized spacial score (nSPS) is 24.4. The van der Waals surface area contributed by atoms with Crippen molar-refractivity contribution in [3.63, 3.8) is 0 Å². The molecule has 2 aliphatic heterocycles. The number of benzene rings is 1. The zero-order valence-electron chi connectivity index (χ0n) is 14.1. The maximum atomic E-state index is 13.1. The SMILES string of the molecule is CN(C(=O)C1=NN(c2ccc(F)cc2)[C@@H](C(N)=O)C1)[C@@H]1CCS(=O)(=O)C1. The summed E-state index contributed by atoms with van der Waals surface area (Å²) >= 11 is 0. The van der Waals surface area contributed by atoms with Crippen LogP contribution in [0.4, 0.5) is 10.1 Å². The Morgan fingerprint density at radius 3 is 2.50 bits per heavy atom. The van der Waals surface area contributed by atoms with Gasteiger partial charge in [0.05, 0.1) is 17.2 Å². The van der Waals surface area contributed by atoms with Gasteiger partial charge in [0.15, 0.2) is 9.84 Å². The maximum absolute atomic E-state index is 13.1. The summed E-state index contributed by atoms with van der Waals surface area (Å²) in [6, 6.07) is 4.05. The van der Waals surface area contributed by atoms with Gasteiger partial charge >= 0.3 is 0 Å². The minimum atomic E-state index is -3.13. The third-order valence-corrected chi connectivity index (χ3v) is 6.40. The fourth-order valence-corrected chi connectivity index (χ4v) is 4.92. The molecule has 2 atom stereocenters. The molecule has 3 rings (SSSR count). The molecule has 0 aromatic heterocycles. The second kappa shape index (κ2) is 6.67. The molecular weight excluding hydrogens is 363 g/mol. The van der Waals surface area contributed by atoms with E-state index in [1.807, 2.05) is 0 Å². The van der Waals surface area contributed by atoms with E-state index in [1.54, 1.807) is 0 Å². The number of carbonyl (C=O) groups excluding carboxylic acids is 2. The summed E-state index contributed by atoms with van der Waals surface area (Å²) in [5.41, 5.74) is 5.97. The van der Waals surface area contributed by atoms with E-state index >= 15 is 0 Å². The first-order valence-electron chi connectivity index (χ1n) is 8.07. The Morgan fingerprint density at radius 2 is 1.96 bits per heavy atom. The number of nitrogens with zero attached hydrogens (tertiary/aromatic N) is 3. The number of sulfone groups is 1. The summed E-state index contributed by atoms with van der Waals surface area (Å²) in [4.78, 5) is 25.8. The van der Waals surface area contributed by atoms with E-state index in [-0.39, 0.29) is 23.6 Å². The molecule has 2 N–H and O–H groups in total. The molecular formula is C16H19FN4O4S. The summed E-state index contributed by atoms with van der Waals surface area (Å²) in [6.07, 6.45) is 0.383. The van der Waals surface area contributed by atoms with Crippen molar-refractivity contribution in [1.82, 2.24) is 4.90 Å². The molecule has 10 heteroatoms. The van der Waals surface area contributed by atoms with Gasteiger partial charge < -0.3 is 10.6 Å². The Bertz CT molecular complexity index is 869. The third-order valence-electron chi connectivity index (χ3n) is 4.65. The highest BCUT2D eigenvalue weighted by Crippen LogP contribution is 2.26. The summed E-state index contributed by atoms with van der Waals surface area (Å²) in [7, 11) is -1.61. The van der Waals surface area contributed by atoms with Crippen molar-refractivity contribution in [2.45, 2.75) is 24.9 Å². The number of anilines is 1. The minimum Gasteiger partial charge on any atom is -0.368 e. The van der Waals surface area contributed by atoms with Crippen molar-refractivity contribution >= 4 is 33.1 Å². The molecule has 1 aromatic carbocycles. The van der Waals surface area contributed by atoms with E-state index in [0.29, 0.717) is 12.1 Å². The van der Waals surface area contributed by atoms with E-state index < -0.39 is 39.6 Å². The van der Waals surface area contributed by atoms with Gasteiger partial charge in [0.2, 0.25) is 5.91 Å². The molecule has 0 radical (unpaired) electrons. The number of hydrogen-bond donors (Lipinski definition) is 1. The highest BCUT2D eigenvalue weighted by atomic mass is 32.2. The molecule has 2 amide bonds. The fourth-order valence-electron chi connectivity index (χ4n) is 3.14. The summed E-state index contributed by atoms with van der Waals surface area (Å²) in [5, 5.41) is 5.51. The molecule has 0 aliphatic carbocycles. The lowest BCUT2D eigenvalue weighted by molar-refractivity contribution is -0.124. The van der Waals surface area contributed by atoms with Gasteiger partial charge in [-0.3, -0.25) is 14.6 Å². The Morgan fingerprint density at radius 1 is 1.31 bits per heavy atom. The monoisotopic (exact) mass is 382 g/mol. The highest BCUT2D eigenvalue weighted by Gasteiger charge is 2.39. The largest absolute Gasteiger partial charge is 0.368 e. The van der Waals surface area contributed by atoms with Gasteiger partial charge in [0.25, 0.3) is 5.91 Å². The van der Waals surface area contributed by atoms with E-state index in [4.69, 9.17) is 5.73 Å². The topological polar surface area (TPSA) is 113 Å². The first-order valence-corrected chi connectivity index (χ1v) is 9.89. The van der Waals surface area contributed by atoms with Crippen LogP contribution in [-0.4, -0.2) is 61.5 Å². The van der Waals surface area contributed by atoms with Crippen LogP contribution in [0.3, 0.4) is 0 Å². The van der Waals surface area contributed by atoms with Gasteiger partial charge in [-0.15, -0.1) is 0 Å². The van der Waals surface area contributed by atoms with Crippen molar-refractivity contribution in [3.8, 4) is 0 Å². The van der Waals surface area contributed by atoms with Gasteiger partial charge in [-0.1, -0.05) is 0 Å². The molecule has 0 bridgehead atoms. The average molecular weight is 382 g/mol. The van der Waals surface area contributed by atoms with Gasteiger partial charge in [-0.25, -0.2) is 12.8 Å². The van der Waals surface area contributed by atoms with Crippen LogP contribution in [0, 0.1) is 5.82 Å². The summed E-state index contributed by atoms with van der Waals surface area (Å²) < 4.78 is 36.4. The van der Waals surface area contributed by atoms with Crippen LogP contribution >= 0.6 is 0 Å². The molecule has 0 unspecified atom stereocenters. The number of rotatable bonds is 4. The van der Waals surface area contributed by atoms with Crippen molar-refractivity contribution in [2.75, 3.05) is 23.6 Å². The number of carbonyl (C=O) groups is 2. The number of nitrogens with two attached hydrogens (primary N) is 1. The second-order valence-corrected chi connectivity index (χ2v) is 8.69. The Kier molecular flexibility index (Phi) is 4.70. The molecule has 2 aliphatic rings. The molecule has 2 heterocycles. The second-order valence-electron chi connectivity index (χ2n) is 6.46. The van der Waals surface area contributed by atoms with Crippen molar-refractivity contribution in [3.05, 3.63) is 30.1 Å². The summed E-state index contributed by atoms with van der Waals surface area (Å²) in [6.45, 7) is 0. The van der Waals surface area contributed by atoms with Gasteiger partial charge in [-0.2, -0.15) is 5.10 Å². The fraction of sp³-hybridized carbons (Fsp3) is 0.438. The molecule has 0 saturated carbocycles. The minimum absolute atomic E-state index is 0.00928. The van der Waals surface area contributed by atoms with E-state index in [2.05, 4.69) is 5.10 Å². The maximum Gasteiger partial charge on any atom is 0.270 e. The van der Waals surface area contributed by atoms with Crippen LogP contribution in [0.5, 0.6) is 0 Å². The number of hydrazone groups is 1. The van der Waals surface area contributed by atoms with Crippen molar-refractivity contribution in [2.24, 2.45) is 10.8 Å². The van der Waals surface area contributed by atoms with Gasteiger partial charge in [0, 0.05) is 19.5 Å². The van der Waals surface area contributed by atoms with Crippen LogP contribution in [0.1, 0.15) is 12.8 Å². The van der Waals surface area contributed by atoms with E-state index in [9.17, 15) is 22.4 Å². The lowest BCUT2D eigenvalue weighted by Crippen LogP contribution is -2.42. The Balaban J connectivity index is 1.83. The van der Waals surface area contributed by atoms with Crippen LogP contribution in [0.15, 0.2) is 29.4 Å². The van der Waals surface area contributed by atoms with Crippen LogP contribution in [-0.2, 0) is 19.4 Å². The highest BCUT2D eigenvalue weighted by molar-refractivity contribution is 7.91. The number of amides is 2. The lowest BCUT2D eigenvalue weighted by Gasteiger charge is -2.23. The van der Waals surface area contributed by atoms with Crippen molar-refractivity contribution in [1.29, 1.82) is 0 Å².